The maximum atomic E-state index is 13.1. The fourth-order valence-electron chi connectivity index (χ4n) is 4.80. The highest BCUT2D eigenvalue weighted by Gasteiger charge is 2.49. The number of nitro groups is 1. The fourth-order valence-corrected chi connectivity index (χ4v) is 4.80. The smallest absolute Gasteiger partial charge is 0.271 e. The summed E-state index contributed by atoms with van der Waals surface area (Å²) in [5, 5.41) is 22.8. The number of likely N-dealkylation sites (tertiary alicyclic amines) is 1. The minimum absolute atomic E-state index is 0.137. The first-order valence-corrected chi connectivity index (χ1v) is 10.9. The van der Waals surface area contributed by atoms with E-state index in [1.54, 1.807) is 13.0 Å². The Hall–Kier alpha value is -3.05. The third-order valence-corrected chi connectivity index (χ3v) is 6.51. The normalized spacial score (nSPS) is 30.6. The molecule has 11 heteroatoms. The van der Waals surface area contributed by atoms with Crippen molar-refractivity contribution in [2.45, 2.75) is 45.6 Å². The van der Waals surface area contributed by atoms with Crippen LogP contribution >= 0.6 is 0 Å². The van der Waals surface area contributed by atoms with Crippen LogP contribution in [0.4, 0.5) is 11.4 Å². The van der Waals surface area contributed by atoms with E-state index in [9.17, 15) is 24.5 Å². The lowest BCUT2D eigenvalue weighted by Crippen LogP contribution is -2.74. The number of hydrogen-bond acceptors (Lipinski definition) is 7. The fraction of sp³-hybridized carbons (Fsp3) is 0.571. The number of carbonyl (C=O) groups is 3. The Labute approximate surface area is 185 Å². The number of non-ortho nitro benzene ring substituents is 1. The summed E-state index contributed by atoms with van der Waals surface area (Å²) in [5.74, 6) is -2.31. The second kappa shape index (κ2) is 8.83. The summed E-state index contributed by atoms with van der Waals surface area (Å²) in [7, 11) is 0. The molecule has 0 aromatic heterocycles. The van der Waals surface area contributed by atoms with Crippen molar-refractivity contribution in [3.63, 3.8) is 0 Å². The zero-order valence-corrected chi connectivity index (χ0v) is 18.1. The molecule has 3 saturated heterocycles. The van der Waals surface area contributed by atoms with Crippen LogP contribution in [0.1, 0.15) is 31.7 Å². The van der Waals surface area contributed by atoms with Gasteiger partial charge in [0, 0.05) is 31.6 Å². The average molecular weight is 444 g/mol. The van der Waals surface area contributed by atoms with E-state index in [1.165, 1.54) is 12.1 Å². The Kier molecular flexibility index (Phi) is 6.11. The van der Waals surface area contributed by atoms with Gasteiger partial charge in [0.15, 0.2) is 0 Å². The first-order valence-electron chi connectivity index (χ1n) is 10.9. The molecule has 5 unspecified atom stereocenters. The Bertz CT molecular complexity index is 953. The molecule has 5 atom stereocenters. The Morgan fingerprint density at radius 1 is 1.28 bits per heavy atom. The van der Waals surface area contributed by atoms with Crippen molar-refractivity contribution in [3.05, 3.63) is 33.9 Å². The van der Waals surface area contributed by atoms with E-state index < -0.39 is 35.1 Å². The lowest BCUT2D eigenvalue weighted by molar-refractivity contribution is -0.384. The largest absolute Gasteiger partial charge is 0.340 e. The average Bonchev–Trinajstić information content (AvgIpc) is 2.74. The molecule has 32 heavy (non-hydrogen) atoms. The predicted molar refractivity (Wildman–Crippen MR) is 115 cm³/mol. The number of hydrogen-bond donors (Lipinski definition) is 4. The zero-order valence-electron chi connectivity index (χ0n) is 18.1. The predicted octanol–water partition coefficient (Wildman–Crippen LogP) is 0.655. The molecule has 0 spiro atoms. The van der Waals surface area contributed by atoms with E-state index in [1.807, 2.05) is 0 Å². The third-order valence-electron chi connectivity index (χ3n) is 6.51. The number of piperidine rings is 2. The molecule has 0 saturated carbocycles. The van der Waals surface area contributed by atoms with Gasteiger partial charge in [-0.1, -0.05) is 13.0 Å². The molecular formula is C21H28N6O5. The zero-order chi connectivity index (χ0) is 23.0. The van der Waals surface area contributed by atoms with Gasteiger partial charge < -0.3 is 16.0 Å². The first-order chi connectivity index (χ1) is 15.2. The van der Waals surface area contributed by atoms with Crippen LogP contribution in [-0.4, -0.2) is 53.1 Å². The molecule has 1 aromatic carbocycles. The van der Waals surface area contributed by atoms with Crippen molar-refractivity contribution in [2.75, 3.05) is 18.4 Å². The van der Waals surface area contributed by atoms with Crippen molar-refractivity contribution >= 4 is 29.1 Å². The summed E-state index contributed by atoms with van der Waals surface area (Å²) >= 11 is 0. The van der Waals surface area contributed by atoms with E-state index in [0.29, 0.717) is 11.5 Å². The second-order valence-corrected chi connectivity index (χ2v) is 8.95. The lowest BCUT2D eigenvalue weighted by Gasteiger charge is -2.47. The molecule has 172 valence electrons. The van der Waals surface area contributed by atoms with Gasteiger partial charge in [0.1, 0.15) is 6.29 Å². The monoisotopic (exact) mass is 444 g/mol. The molecule has 1 aromatic rings. The minimum atomic E-state index is -0.902. The summed E-state index contributed by atoms with van der Waals surface area (Å²) in [5.41, 5.74) is 0.781. The number of amides is 3. The van der Waals surface area contributed by atoms with Crippen LogP contribution in [0.25, 0.3) is 0 Å². The van der Waals surface area contributed by atoms with Crippen molar-refractivity contribution in [3.8, 4) is 0 Å². The van der Waals surface area contributed by atoms with Crippen molar-refractivity contribution in [2.24, 2.45) is 17.8 Å². The van der Waals surface area contributed by atoms with E-state index in [-0.39, 0.29) is 29.6 Å². The minimum Gasteiger partial charge on any atom is -0.340 e. The molecule has 0 aliphatic carbocycles. The summed E-state index contributed by atoms with van der Waals surface area (Å²) in [6, 6.07) is 4.18. The molecule has 11 nitrogen and oxygen atoms in total. The van der Waals surface area contributed by atoms with Gasteiger partial charge in [-0.2, -0.15) is 0 Å². The molecule has 4 rings (SSSR count). The number of carbonyl (C=O) groups excluding carboxylic acids is 3. The highest BCUT2D eigenvalue weighted by atomic mass is 16.6. The highest BCUT2D eigenvalue weighted by Crippen LogP contribution is 2.30. The van der Waals surface area contributed by atoms with E-state index >= 15 is 0 Å². The van der Waals surface area contributed by atoms with Crippen LogP contribution in [-0.2, 0) is 14.4 Å². The summed E-state index contributed by atoms with van der Waals surface area (Å²) in [4.78, 5) is 51.2. The van der Waals surface area contributed by atoms with Crippen LogP contribution in [0.3, 0.4) is 0 Å². The number of benzene rings is 1. The van der Waals surface area contributed by atoms with Crippen LogP contribution in [0.15, 0.2) is 18.2 Å². The van der Waals surface area contributed by atoms with Crippen LogP contribution < -0.4 is 21.3 Å². The number of nitrogens with zero attached hydrogens (tertiary/aromatic N) is 2. The Morgan fingerprint density at radius 3 is 2.78 bits per heavy atom. The van der Waals surface area contributed by atoms with Crippen molar-refractivity contribution in [1.82, 2.24) is 20.9 Å². The van der Waals surface area contributed by atoms with Crippen molar-refractivity contribution < 1.29 is 19.3 Å². The maximum Gasteiger partial charge on any atom is 0.271 e. The highest BCUT2D eigenvalue weighted by molar-refractivity contribution is 6.00. The van der Waals surface area contributed by atoms with Gasteiger partial charge >= 0.3 is 0 Å². The Morgan fingerprint density at radius 2 is 2.06 bits per heavy atom. The number of nitrogens with one attached hydrogen (secondary N) is 4. The number of nitro benzene ring substituents is 1. The Balaban J connectivity index is 1.51. The summed E-state index contributed by atoms with van der Waals surface area (Å²) < 4.78 is 0. The van der Waals surface area contributed by atoms with Crippen molar-refractivity contribution in [1.29, 1.82) is 0 Å². The summed E-state index contributed by atoms with van der Waals surface area (Å²) in [6.45, 7) is 5.55. The van der Waals surface area contributed by atoms with E-state index in [0.717, 1.165) is 25.9 Å². The second-order valence-electron chi connectivity index (χ2n) is 8.95. The quantitative estimate of drug-likeness (QED) is 0.394. The topological polar surface area (TPSA) is 146 Å². The number of fused-ring (bicyclic) bond motifs is 1. The van der Waals surface area contributed by atoms with Crippen LogP contribution in [0.5, 0.6) is 0 Å². The SMILES string of the molecule is Cc1ccc([N+](=O)[O-])cc1NC(=O)C1CC(=O)NC2NC(N3CCCC(C)C3)NC(=O)C21. The standard InChI is InChI=1S/C21H28N6O5/c1-11-4-3-7-26(10-11)21-24-18-17(20(30)25-21)14(9-16(28)23-18)19(29)22-15-8-13(27(31)32)6-5-12(15)2/h5-6,8,11,14,17-18,21,24H,3-4,7,9-10H2,1-2H3,(H,22,29)(H,23,28)(H,25,30). The molecular weight excluding hydrogens is 416 g/mol. The lowest BCUT2D eigenvalue weighted by atomic mass is 9.81. The van der Waals surface area contributed by atoms with Gasteiger partial charge in [0.25, 0.3) is 5.69 Å². The van der Waals surface area contributed by atoms with E-state index in [2.05, 4.69) is 33.1 Å². The van der Waals surface area contributed by atoms with Gasteiger partial charge in [-0.3, -0.25) is 34.7 Å². The molecule has 3 heterocycles. The molecule has 3 amide bonds. The van der Waals surface area contributed by atoms with Gasteiger partial charge in [-0.15, -0.1) is 0 Å². The van der Waals surface area contributed by atoms with Gasteiger partial charge in [-0.25, -0.2) is 0 Å². The molecule has 4 N–H and O–H groups in total. The maximum absolute atomic E-state index is 13.1. The van der Waals surface area contributed by atoms with Crippen LogP contribution in [0, 0.1) is 34.8 Å². The number of rotatable bonds is 4. The molecule has 0 bridgehead atoms. The molecule has 3 aliphatic rings. The van der Waals surface area contributed by atoms with Crippen LogP contribution in [0.2, 0.25) is 0 Å². The van der Waals surface area contributed by atoms with E-state index in [4.69, 9.17) is 0 Å². The summed E-state index contributed by atoms with van der Waals surface area (Å²) in [6.07, 6.45) is 0.950. The van der Waals surface area contributed by atoms with Gasteiger partial charge in [-0.05, 0) is 31.2 Å². The first kappa shape index (κ1) is 22.2. The van der Waals surface area contributed by atoms with Gasteiger partial charge in [0.2, 0.25) is 17.7 Å². The van der Waals surface area contributed by atoms with Gasteiger partial charge in [0.05, 0.1) is 28.6 Å². The molecule has 0 radical (unpaired) electrons. The third kappa shape index (κ3) is 4.44. The number of anilines is 1. The molecule has 3 fully saturated rings. The number of aryl methyl sites for hydroxylation is 1. The molecule has 3 aliphatic heterocycles.